The largest absolute Gasteiger partial charge is 0.494 e. The van der Waals surface area contributed by atoms with Crippen LogP contribution in [0.25, 0.3) is 10.8 Å². The summed E-state index contributed by atoms with van der Waals surface area (Å²) in [6.07, 6.45) is 3.60. The Morgan fingerprint density at radius 3 is 1.84 bits per heavy atom. The molecule has 10 heteroatoms. The first-order chi connectivity index (χ1) is 24.8. The number of fused-ring (bicyclic) bond motifs is 1. The van der Waals surface area contributed by atoms with Gasteiger partial charge in [-0.25, -0.2) is 4.79 Å². The number of amides is 1. The van der Waals surface area contributed by atoms with Crippen LogP contribution in [0.15, 0.2) is 142 Å². The molecule has 0 saturated heterocycles. The predicted octanol–water partition coefficient (Wildman–Crippen LogP) is 11.0. The molecule has 5 rings (SSSR count). The number of unbranched alkanes of at least 4 members (excludes halogenated alkanes) is 3. The molecule has 0 atom stereocenters. The molecule has 0 spiro atoms. The van der Waals surface area contributed by atoms with Crippen LogP contribution in [0.4, 0.5) is 34.1 Å². The number of esters is 1. The van der Waals surface area contributed by atoms with Crippen LogP contribution in [0.1, 0.15) is 43.0 Å². The van der Waals surface area contributed by atoms with Crippen molar-refractivity contribution in [2.75, 3.05) is 37.5 Å². The number of hydrogen-bond donors (Lipinski definition) is 1. The normalized spacial score (nSPS) is 11.2. The summed E-state index contributed by atoms with van der Waals surface area (Å²) in [5.74, 6) is 0.130. The predicted molar refractivity (Wildman–Crippen MR) is 204 cm³/mol. The van der Waals surface area contributed by atoms with E-state index in [-0.39, 0.29) is 11.9 Å². The van der Waals surface area contributed by atoms with Crippen molar-refractivity contribution in [2.24, 2.45) is 20.5 Å². The van der Waals surface area contributed by atoms with Crippen LogP contribution in [-0.2, 0) is 9.53 Å². The van der Waals surface area contributed by atoms with Crippen LogP contribution >= 0.6 is 0 Å². The number of benzene rings is 5. The Labute approximate surface area is 298 Å². The fourth-order valence-corrected chi connectivity index (χ4v) is 5.04. The van der Waals surface area contributed by atoms with Gasteiger partial charge in [-0.3, -0.25) is 4.79 Å². The van der Waals surface area contributed by atoms with Crippen LogP contribution in [-0.4, -0.2) is 39.2 Å². The molecule has 0 unspecified atom stereocenters. The molecule has 0 saturated carbocycles. The number of anilines is 2. The zero-order chi connectivity index (χ0) is 36.0. The van der Waals surface area contributed by atoms with E-state index in [1.165, 1.54) is 0 Å². The van der Waals surface area contributed by atoms with Gasteiger partial charge in [-0.05, 0) is 118 Å². The molecular formula is C41H42N6O4. The third-order valence-electron chi connectivity index (χ3n) is 7.92. The maximum Gasteiger partial charge on any atom is 0.333 e. The standard InChI is InChI=1S/C41H42N6O4/c1-29(2)41(49)51-28-10-6-5-9-27-50-35-23-13-30(14-24-35)40(48)42-38-25-26-39(37-12-8-7-11-36(37)38)46-45-32-17-15-31(16-18-32)43-44-33-19-21-34(22-20-33)47(3)4/h7-8,11-26H,1,5-6,9-10,27-28H2,2-4H3,(H,42,48). The van der Waals surface area contributed by atoms with Crippen molar-refractivity contribution in [2.45, 2.75) is 32.6 Å². The Morgan fingerprint density at radius 2 is 1.24 bits per heavy atom. The van der Waals surface area contributed by atoms with E-state index in [0.29, 0.717) is 52.8 Å². The molecule has 0 aliphatic rings. The molecule has 0 aliphatic carbocycles. The highest BCUT2D eigenvalue weighted by atomic mass is 16.5. The van der Waals surface area contributed by atoms with E-state index in [9.17, 15) is 9.59 Å². The molecule has 5 aromatic carbocycles. The Kier molecular flexibility index (Phi) is 12.8. The summed E-state index contributed by atoms with van der Waals surface area (Å²) in [6.45, 7) is 6.18. The first-order valence-electron chi connectivity index (χ1n) is 16.9. The molecule has 0 bridgehead atoms. The first kappa shape index (κ1) is 36.1. The van der Waals surface area contributed by atoms with Gasteiger partial charge in [0, 0.05) is 47.4 Å². The fourth-order valence-electron chi connectivity index (χ4n) is 5.04. The monoisotopic (exact) mass is 682 g/mol. The Bertz CT molecular complexity index is 2000. The lowest BCUT2D eigenvalue weighted by molar-refractivity contribution is -0.139. The van der Waals surface area contributed by atoms with E-state index >= 15 is 0 Å². The zero-order valence-electron chi connectivity index (χ0n) is 29.2. The molecule has 0 aliphatic heterocycles. The number of carbonyl (C=O) groups excluding carboxylic acids is 2. The van der Waals surface area contributed by atoms with Crippen molar-refractivity contribution in [3.05, 3.63) is 127 Å². The third kappa shape index (κ3) is 10.7. The SMILES string of the molecule is C=C(C)C(=O)OCCCCCCOc1ccc(C(=O)Nc2ccc(N=Nc3ccc(N=Nc4ccc(N(C)C)cc4)cc3)c3ccccc23)cc1. The summed E-state index contributed by atoms with van der Waals surface area (Å²) >= 11 is 0. The van der Waals surface area contributed by atoms with Gasteiger partial charge in [0.1, 0.15) is 5.75 Å². The smallest absolute Gasteiger partial charge is 0.333 e. The lowest BCUT2D eigenvalue weighted by atomic mass is 10.1. The second-order valence-corrected chi connectivity index (χ2v) is 12.2. The number of carbonyl (C=O) groups is 2. The molecule has 0 heterocycles. The fraction of sp³-hybridized carbons (Fsp3) is 0.220. The summed E-state index contributed by atoms with van der Waals surface area (Å²) in [4.78, 5) is 26.6. The molecular weight excluding hydrogens is 640 g/mol. The highest BCUT2D eigenvalue weighted by Gasteiger charge is 2.11. The second kappa shape index (κ2) is 18.0. The zero-order valence-corrected chi connectivity index (χ0v) is 29.2. The Morgan fingerprint density at radius 1 is 0.667 bits per heavy atom. The van der Waals surface area contributed by atoms with Crippen molar-refractivity contribution < 1.29 is 19.1 Å². The molecule has 51 heavy (non-hydrogen) atoms. The van der Waals surface area contributed by atoms with E-state index in [1.54, 1.807) is 31.2 Å². The van der Waals surface area contributed by atoms with Crippen molar-refractivity contribution >= 4 is 56.8 Å². The summed E-state index contributed by atoms with van der Waals surface area (Å²) in [7, 11) is 3.99. The lowest BCUT2D eigenvalue weighted by Gasteiger charge is -2.11. The van der Waals surface area contributed by atoms with Gasteiger partial charge in [0.15, 0.2) is 0 Å². The highest BCUT2D eigenvalue weighted by Crippen LogP contribution is 2.33. The minimum atomic E-state index is -0.345. The molecule has 10 nitrogen and oxygen atoms in total. The highest BCUT2D eigenvalue weighted by molar-refractivity contribution is 6.11. The molecule has 0 fully saturated rings. The maximum atomic E-state index is 13.2. The average Bonchev–Trinajstić information content (AvgIpc) is 3.15. The number of hydrogen-bond acceptors (Lipinski definition) is 9. The topological polar surface area (TPSA) is 117 Å². The van der Waals surface area contributed by atoms with Crippen LogP contribution < -0.4 is 15.0 Å². The number of azo groups is 2. The van der Waals surface area contributed by atoms with Gasteiger partial charge >= 0.3 is 5.97 Å². The molecule has 1 amide bonds. The van der Waals surface area contributed by atoms with Crippen LogP contribution in [0.3, 0.4) is 0 Å². The van der Waals surface area contributed by atoms with Crippen LogP contribution in [0, 0.1) is 0 Å². The summed E-state index contributed by atoms with van der Waals surface area (Å²) in [5, 5.41) is 22.4. The van der Waals surface area contributed by atoms with Gasteiger partial charge < -0.3 is 19.7 Å². The average molecular weight is 683 g/mol. The van der Waals surface area contributed by atoms with Gasteiger partial charge in [-0.15, -0.1) is 5.11 Å². The number of nitrogens with zero attached hydrogens (tertiary/aromatic N) is 5. The van der Waals surface area contributed by atoms with Gasteiger partial charge in [-0.1, -0.05) is 30.8 Å². The summed E-state index contributed by atoms with van der Waals surface area (Å²) in [5.41, 5.74) is 5.55. The van der Waals surface area contributed by atoms with Crippen molar-refractivity contribution in [1.29, 1.82) is 0 Å². The molecule has 1 N–H and O–H groups in total. The third-order valence-corrected chi connectivity index (χ3v) is 7.92. The van der Waals surface area contributed by atoms with Crippen LogP contribution in [0.2, 0.25) is 0 Å². The second-order valence-electron chi connectivity index (χ2n) is 12.2. The number of nitrogens with one attached hydrogen (secondary N) is 1. The Hall–Kier alpha value is -6.16. The lowest BCUT2D eigenvalue weighted by Crippen LogP contribution is -2.12. The number of rotatable bonds is 16. The van der Waals surface area contributed by atoms with Crippen molar-refractivity contribution in [3.8, 4) is 5.75 Å². The van der Waals surface area contributed by atoms with Crippen LogP contribution in [0.5, 0.6) is 5.75 Å². The molecule has 260 valence electrons. The summed E-state index contributed by atoms with van der Waals surface area (Å²) in [6, 6.07) is 33.8. The van der Waals surface area contributed by atoms with E-state index in [1.807, 2.05) is 104 Å². The summed E-state index contributed by atoms with van der Waals surface area (Å²) < 4.78 is 11.0. The van der Waals surface area contributed by atoms with Crippen molar-refractivity contribution in [3.63, 3.8) is 0 Å². The van der Waals surface area contributed by atoms with Gasteiger partial charge in [-0.2, -0.15) is 15.3 Å². The number of ether oxygens (including phenoxy) is 2. The van der Waals surface area contributed by atoms with E-state index in [0.717, 1.165) is 47.8 Å². The Balaban J connectivity index is 1.13. The minimum absolute atomic E-state index is 0.226. The molecule has 0 radical (unpaired) electrons. The van der Waals surface area contributed by atoms with Gasteiger partial charge in [0.25, 0.3) is 5.91 Å². The molecule has 5 aromatic rings. The minimum Gasteiger partial charge on any atom is -0.494 e. The van der Waals surface area contributed by atoms with E-state index in [4.69, 9.17) is 9.47 Å². The quantitative estimate of drug-likeness (QED) is 0.0481. The van der Waals surface area contributed by atoms with Gasteiger partial charge in [0.2, 0.25) is 0 Å². The molecule has 0 aromatic heterocycles. The van der Waals surface area contributed by atoms with E-state index in [2.05, 4.69) is 32.4 Å². The maximum absolute atomic E-state index is 13.2. The van der Waals surface area contributed by atoms with E-state index < -0.39 is 0 Å². The first-order valence-corrected chi connectivity index (χ1v) is 16.9. The van der Waals surface area contributed by atoms with Gasteiger partial charge in [0.05, 0.1) is 36.0 Å². The van der Waals surface area contributed by atoms with Crippen molar-refractivity contribution in [1.82, 2.24) is 0 Å².